The highest BCUT2D eigenvalue weighted by molar-refractivity contribution is 5.97. The highest BCUT2D eigenvalue weighted by Gasteiger charge is 2.24. The van der Waals surface area contributed by atoms with Gasteiger partial charge in [-0.3, -0.25) is 4.79 Å². The van der Waals surface area contributed by atoms with Crippen LogP contribution in [0.3, 0.4) is 0 Å². The summed E-state index contributed by atoms with van der Waals surface area (Å²) in [6, 6.07) is 5.19. The summed E-state index contributed by atoms with van der Waals surface area (Å²) in [5.41, 5.74) is 6.90. The number of amides is 1. The zero-order chi connectivity index (χ0) is 13.1. The third kappa shape index (κ3) is 2.58. The fourth-order valence-corrected chi connectivity index (χ4v) is 2.44. The van der Waals surface area contributed by atoms with Crippen LogP contribution in [0.25, 0.3) is 0 Å². The van der Waals surface area contributed by atoms with E-state index in [0.717, 1.165) is 19.5 Å². The van der Waals surface area contributed by atoms with Crippen molar-refractivity contribution in [1.29, 1.82) is 0 Å². The second kappa shape index (κ2) is 5.29. The molecule has 1 aliphatic heterocycles. The zero-order valence-corrected chi connectivity index (χ0v) is 11.0. The summed E-state index contributed by atoms with van der Waals surface area (Å²) >= 11 is 0. The molecular weight excluding hydrogens is 228 g/mol. The van der Waals surface area contributed by atoms with Crippen LogP contribution in [-0.4, -0.2) is 31.0 Å². The zero-order valence-electron chi connectivity index (χ0n) is 11.0. The van der Waals surface area contributed by atoms with Crippen molar-refractivity contribution in [1.82, 2.24) is 4.90 Å². The van der Waals surface area contributed by atoms with Gasteiger partial charge in [0.15, 0.2) is 0 Å². The van der Waals surface area contributed by atoms with E-state index < -0.39 is 0 Å². The lowest BCUT2D eigenvalue weighted by Gasteiger charge is -2.31. The Morgan fingerprint density at radius 1 is 1.50 bits per heavy atom. The van der Waals surface area contributed by atoms with E-state index in [1.807, 2.05) is 4.90 Å². The highest BCUT2D eigenvalue weighted by atomic mass is 16.5. The van der Waals surface area contributed by atoms with Crippen molar-refractivity contribution in [2.75, 3.05) is 25.9 Å². The molecule has 0 bridgehead atoms. The van der Waals surface area contributed by atoms with Crippen LogP contribution in [-0.2, 0) is 0 Å². The van der Waals surface area contributed by atoms with Crippen LogP contribution in [0.4, 0.5) is 5.69 Å². The molecule has 1 atom stereocenters. The lowest BCUT2D eigenvalue weighted by molar-refractivity contribution is 0.0679. The number of likely N-dealkylation sites (tertiary alicyclic amines) is 1. The number of carbonyl (C=O) groups excluding carboxylic acids is 1. The van der Waals surface area contributed by atoms with Crippen molar-refractivity contribution in [3.05, 3.63) is 23.8 Å². The summed E-state index contributed by atoms with van der Waals surface area (Å²) in [7, 11) is 1.57. The largest absolute Gasteiger partial charge is 0.496 e. The molecule has 1 aromatic rings. The number of rotatable bonds is 2. The summed E-state index contributed by atoms with van der Waals surface area (Å²) in [6.45, 7) is 3.81. The number of nitrogen functional groups attached to an aromatic ring is 1. The van der Waals surface area contributed by atoms with Gasteiger partial charge in [-0.25, -0.2) is 0 Å². The molecule has 4 heteroatoms. The van der Waals surface area contributed by atoms with E-state index in [1.165, 1.54) is 6.42 Å². The van der Waals surface area contributed by atoms with Crippen LogP contribution in [0.2, 0.25) is 0 Å². The smallest absolute Gasteiger partial charge is 0.257 e. The first-order valence-corrected chi connectivity index (χ1v) is 6.34. The maximum absolute atomic E-state index is 12.5. The van der Waals surface area contributed by atoms with E-state index in [1.54, 1.807) is 25.3 Å². The van der Waals surface area contributed by atoms with Gasteiger partial charge in [0.2, 0.25) is 0 Å². The minimum absolute atomic E-state index is 0.0192. The molecule has 2 rings (SSSR count). The van der Waals surface area contributed by atoms with Crippen molar-refractivity contribution >= 4 is 11.6 Å². The Kier molecular flexibility index (Phi) is 3.75. The van der Waals surface area contributed by atoms with E-state index >= 15 is 0 Å². The van der Waals surface area contributed by atoms with Gasteiger partial charge in [-0.1, -0.05) is 6.92 Å². The van der Waals surface area contributed by atoms with Gasteiger partial charge in [-0.2, -0.15) is 0 Å². The Labute approximate surface area is 108 Å². The molecule has 1 amide bonds. The Balaban J connectivity index is 2.24. The Hall–Kier alpha value is -1.71. The SMILES string of the molecule is COc1ccc(N)cc1C(=O)N1CCC[C@@H](C)C1. The molecule has 4 nitrogen and oxygen atoms in total. The van der Waals surface area contributed by atoms with Crippen molar-refractivity contribution < 1.29 is 9.53 Å². The maximum atomic E-state index is 12.5. The van der Waals surface area contributed by atoms with Crippen LogP contribution in [0.1, 0.15) is 30.1 Å². The predicted octanol–water partition coefficient (Wildman–Crippen LogP) is 2.15. The highest BCUT2D eigenvalue weighted by Crippen LogP contribution is 2.25. The summed E-state index contributed by atoms with van der Waals surface area (Å²) < 4.78 is 5.24. The molecule has 1 aromatic carbocycles. The van der Waals surface area contributed by atoms with Gasteiger partial charge in [0.25, 0.3) is 5.91 Å². The Bertz CT molecular complexity index is 445. The van der Waals surface area contributed by atoms with Gasteiger partial charge in [-0.05, 0) is 37.0 Å². The number of piperidine rings is 1. The standard InChI is InChI=1S/C14H20N2O2/c1-10-4-3-7-16(9-10)14(17)12-8-11(15)5-6-13(12)18-2/h5-6,8,10H,3-4,7,9,15H2,1-2H3/t10-/m1/s1. The lowest BCUT2D eigenvalue weighted by Crippen LogP contribution is -2.39. The Morgan fingerprint density at radius 3 is 2.94 bits per heavy atom. The molecule has 1 fully saturated rings. The molecule has 0 aliphatic carbocycles. The van der Waals surface area contributed by atoms with Gasteiger partial charge in [0.1, 0.15) is 5.75 Å². The van der Waals surface area contributed by atoms with Crippen LogP contribution in [0.5, 0.6) is 5.75 Å². The molecule has 1 aliphatic rings. The quantitative estimate of drug-likeness (QED) is 0.816. The van der Waals surface area contributed by atoms with E-state index in [4.69, 9.17) is 10.5 Å². The monoisotopic (exact) mass is 248 g/mol. The van der Waals surface area contributed by atoms with Crippen LogP contribution >= 0.6 is 0 Å². The number of benzene rings is 1. The number of hydrogen-bond donors (Lipinski definition) is 1. The molecule has 2 N–H and O–H groups in total. The number of hydrogen-bond acceptors (Lipinski definition) is 3. The van der Waals surface area contributed by atoms with E-state index in [0.29, 0.717) is 22.9 Å². The molecule has 18 heavy (non-hydrogen) atoms. The molecule has 0 spiro atoms. The van der Waals surface area contributed by atoms with Crippen molar-refractivity contribution in [2.45, 2.75) is 19.8 Å². The minimum Gasteiger partial charge on any atom is -0.496 e. The number of nitrogens with two attached hydrogens (primary N) is 1. The number of ether oxygens (including phenoxy) is 1. The third-order valence-electron chi connectivity index (χ3n) is 3.40. The summed E-state index contributed by atoms with van der Waals surface area (Å²) in [5, 5.41) is 0. The predicted molar refractivity (Wildman–Crippen MR) is 71.7 cm³/mol. The van der Waals surface area contributed by atoms with Gasteiger partial charge in [-0.15, -0.1) is 0 Å². The van der Waals surface area contributed by atoms with Crippen molar-refractivity contribution in [2.24, 2.45) is 5.92 Å². The van der Waals surface area contributed by atoms with Gasteiger partial charge in [0, 0.05) is 18.8 Å². The van der Waals surface area contributed by atoms with Crippen molar-refractivity contribution in [3.63, 3.8) is 0 Å². The third-order valence-corrected chi connectivity index (χ3v) is 3.40. The minimum atomic E-state index is 0.0192. The first-order chi connectivity index (χ1) is 8.61. The molecular formula is C14H20N2O2. The summed E-state index contributed by atoms with van der Waals surface area (Å²) in [4.78, 5) is 14.4. The topological polar surface area (TPSA) is 55.6 Å². The first-order valence-electron chi connectivity index (χ1n) is 6.34. The molecule has 0 aromatic heterocycles. The lowest BCUT2D eigenvalue weighted by atomic mass is 9.99. The number of anilines is 1. The van der Waals surface area contributed by atoms with E-state index in [2.05, 4.69) is 6.92 Å². The van der Waals surface area contributed by atoms with Crippen LogP contribution in [0, 0.1) is 5.92 Å². The molecule has 98 valence electrons. The number of nitrogens with zero attached hydrogens (tertiary/aromatic N) is 1. The van der Waals surface area contributed by atoms with Crippen molar-refractivity contribution in [3.8, 4) is 5.75 Å². The van der Waals surface area contributed by atoms with E-state index in [-0.39, 0.29) is 5.91 Å². The molecule has 0 unspecified atom stereocenters. The number of carbonyl (C=O) groups is 1. The van der Waals surface area contributed by atoms with E-state index in [9.17, 15) is 4.79 Å². The second-order valence-corrected chi connectivity index (χ2v) is 4.96. The van der Waals surface area contributed by atoms with Gasteiger partial charge < -0.3 is 15.4 Å². The molecule has 1 heterocycles. The van der Waals surface area contributed by atoms with Crippen LogP contribution in [0.15, 0.2) is 18.2 Å². The van der Waals surface area contributed by atoms with Gasteiger partial charge >= 0.3 is 0 Å². The number of methoxy groups -OCH3 is 1. The summed E-state index contributed by atoms with van der Waals surface area (Å²) in [5.74, 6) is 1.17. The Morgan fingerprint density at radius 2 is 2.28 bits per heavy atom. The molecule has 0 radical (unpaired) electrons. The van der Waals surface area contributed by atoms with Crippen LogP contribution < -0.4 is 10.5 Å². The fourth-order valence-electron chi connectivity index (χ4n) is 2.44. The maximum Gasteiger partial charge on any atom is 0.257 e. The van der Waals surface area contributed by atoms with Gasteiger partial charge in [0.05, 0.1) is 12.7 Å². The average molecular weight is 248 g/mol. The second-order valence-electron chi connectivity index (χ2n) is 4.96. The molecule has 0 saturated carbocycles. The normalized spacial score (nSPS) is 19.7. The molecule has 1 saturated heterocycles. The first kappa shape index (κ1) is 12.7. The fraction of sp³-hybridized carbons (Fsp3) is 0.500. The average Bonchev–Trinajstić information content (AvgIpc) is 2.38. The summed E-state index contributed by atoms with van der Waals surface area (Å²) in [6.07, 6.45) is 2.26.